The molecule has 2 unspecified atom stereocenters. The molecule has 186 valence electrons. The Kier molecular flexibility index (Phi) is 10.5. The van der Waals surface area contributed by atoms with Crippen LogP contribution in [0.2, 0.25) is 0 Å². The van der Waals surface area contributed by atoms with Gasteiger partial charge < -0.3 is 25.4 Å². The van der Waals surface area contributed by atoms with E-state index in [0.717, 1.165) is 0 Å². The molecule has 0 radical (unpaired) electrons. The lowest BCUT2D eigenvalue weighted by molar-refractivity contribution is -0.142. The number of rotatable bonds is 9. The van der Waals surface area contributed by atoms with Gasteiger partial charge in [-0.2, -0.15) is 11.8 Å². The smallest absolute Gasteiger partial charge is 0.408 e. The third kappa shape index (κ3) is 9.94. The van der Waals surface area contributed by atoms with Crippen molar-refractivity contribution in [2.75, 3.05) is 18.6 Å². The van der Waals surface area contributed by atoms with Gasteiger partial charge in [0.15, 0.2) is 0 Å². The Morgan fingerprint density at radius 1 is 1.15 bits per heavy atom. The summed E-state index contributed by atoms with van der Waals surface area (Å²) in [5.74, 6) is -0.135. The van der Waals surface area contributed by atoms with E-state index in [1.54, 1.807) is 51.6 Å². The van der Waals surface area contributed by atoms with Crippen molar-refractivity contribution < 1.29 is 24.2 Å². The highest BCUT2D eigenvalue weighted by Crippen LogP contribution is 2.26. The van der Waals surface area contributed by atoms with Crippen LogP contribution >= 0.6 is 11.8 Å². The predicted molar refractivity (Wildman–Crippen MR) is 132 cm³/mol. The van der Waals surface area contributed by atoms with Gasteiger partial charge in [0, 0.05) is 12.1 Å². The monoisotopic (exact) mass is 481 g/mol. The highest BCUT2D eigenvalue weighted by Gasteiger charge is 2.36. The van der Waals surface area contributed by atoms with Gasteiger partial charge in [0.1, 0.15) is 23.4 Å². The maximum atomic E-state index is 13.7. The van der Waals surface area contributed by atoms with Gasteiger partial charge in [0.2, 0.25) is 11.8 Å². The molecule has 0 fully saturated rings. The molecule has 1 aromatic carbocycles. The molecular formula is C24H39N3O5S. The quantitative estimate of drug-likeness (QED) is 0.495. The fraction of sp³-hybridized carbons (Fsp3) is 0.625. The molecule has 0 aliphatic rings. The number of phenolic OH excluding ortho intramolecular Hbond substituents is 1. The van der Waals surface area contributed by atoms with E-state index in [-0.39, 0.29) is 18.2 Å². The van der Waals surface area contributed by atoms with Crippen LogP contribution in [0.1, 0.15) is 66.5 Å². The number of alkyl carbamates (subject to hydrolysis) is 1. The maximum Gasteiger partial charge on any atom is 0.408 e. The first-order chi connectivity index (χ1) is 15.2. The van der Waals surface area contributed by atoms with Crippen LogP contribution < -0.4 is 10.6 Å². The van der Waals surface area contributed by atoms with E-state index in [4.69, 9.17) is 4.74 Å². The Bertz CT molecular complexity index is 817. The Labute approximate surface area is 201 Å². The third-order valence-electron chi connectivity index (χ3n) is 4.47. The van der Waals surface area contributed by atoms with E-state index in [2.05, 4.69) is 10.6 Å². The first kappa shape index (κ1) is 28.6. The lowest BCUT2D eigenvalue weighted by atomic mass is 10.00. The number of benzene rings is 1. The lowest BCUT2D eigenvalue weighted by Gasteiger charge is -2.35. The van der Waals surface area contributed by atoms with Crippen LogP contribution in [0.5, 0.6) is 5.75 Å². The number of amides is 3. The van der Waals surface area contributed by atoms with Crippen molar-refractivity contribution in [3.05, 3.63) is 29.8 Å². The Morgan fingerprint density at radius 2 is 1.79 bits per heavy atom. The molecule has 1 aromatic rings. The molecule has 0 aliphatic heterocycles. The maximum absolute atomic E-state index is 13.7. The highest BCUT2D eigenvalue weighted by molar-refractivity contribution is 7.98. The number of ether oxygens (including phenoxy) is 1. The molecule has 1 rings (SSSR count). The standard InChI is InChI=1S/C24H39N3O5S/c1-9-27(21(30)18(13-14-33-8)25-22(31)32-24(5,6)7)19(20(29)26-23(2,3)4)16-11-10-12-17(28)15-16/h10-12,15,18-19,28H,9,13-14H2,1-8H3,(H,25,31)(H,26,29). The van der Waals surface area contributed by atoms with Crippen molar-refractivity contribution in [3.63, 3.8) is 0 Å². The van der Waals surface area contributed by atoms with E-state index in [0.29, 0.717) is 17.7 Å². The zero-order valence-electron chi connectivity index (χ0n) is 21.0. The summed E-state index contributed by atoms with van der Waals surface area (Å²) in [6.45, 7) is 12.8. The molecule has 0 saturated carbocycles. The second-order valence-electron chi connectivity index (χ2n) is 9.84. The predicted octanol–water partition coefficient (Wildman–Crippen LogP) is 3.84. The fourth-order valence-corrected chi connectivity index (χ4v) is 3.69. The number of phenols is 1. The average molecular weight is 482 g/mol. The molecule has 3 N–H and O–H groups in total. The van der Waals surface area contributed by atoms with Crippen molar-refractivity contribution >= 4 is 29.7 Å². The van der Waals surface area contributed by atoms with E-state index in [1.807, 2.05) is 27.0 Å². The molecule has 8 nitrogen and oxygen atoms in total. The van der Waals surface area contributed by atoms with Gasteiger partial charge in [-0.25, -0.2) is 4.79 Å². The summed E-state index contributed by atoms with van der Waals surface area (Å²) in [6.07, 6.45) is 1.61. The number of likely N-dealkylation sites (N-methyl/N-ethyl adjacent to an activating group) is 1. The van der Waals surface area contributed by atoms with Gasteiger partial charge in [-0.05, 0) is 84.6 Å². The molecular weight excluding hydrogens is 442 g/mol. The lowest BCUT2D eigenvalue weighted by Crippen LogP contribution is -2.54. The number of nitrogens with one attached hydrogen (secondary N) is 2. The number of aromatic hydroxyl groups is 1. The van der Waals surface area contributed by atoms with Crippen molar-refractivity contribution in [1.82, 2.24) is 15.5 Å². The molecule has 0 aromatic heterocycles. The summed E-state index contributed by atoms with van der Waals surface area (Å²) in [5.41, 5.74) is -0.757. The van der Waals surface area contributed by atoms with Crippen molar-refractivity contribution in [2.45, 2.75) is 78.1 Å². The van der Waals surface area contributed by atoms with Gasteiger partial charge >= 0.3 is 6.09 Å². The van der Waals surface area contributed by atoms with Crippen molar-refractivity contribution in [2.24, 2.45) is 0 Å². The zero-order chi connectivity index (χ0) is 25.4. The molecule has 0 saturated heterocycles. The Balaban J connectivity index is 3.35. The summed E-state index contributed by atoms with van der Waals surface area (Å²) in [6, 6.07) is 4.46. The molecule has 0 heterocycles. The average Bonchev–Trinajstić information content (AvgIpc) is 2.65. The highest BCUT2D eigenvalue weighted by atomic mass is 32.2. The zero-order valence-corrected chi connectivity index (χ0v) is 21.8. The van der Waals surface area contributed by atoms with Gasteiger partial charge in [0.05, 0.1) is 0 Å². The number of hydrogen-bond donors (Lipinski definition) is 3. The third-order valence-corrected chi connectivity index (χ3v) is 5.11. The molecule has 0 spiro atoms. The van der Waals surface area contributed by atoms with Crippen LogP contribution in [0, 0.1) is 0 Å². The van der Waals surface area contributed by atoms with Crippen LogP contribution in [-0.2, 0) is 14.3 Å². The summed E-state index contributed by atoms with van der Waals surface area (Å²) < 4.78 is 5.35. The second kappa shape index (κ2) is 12.2. The number of hydrogen-bond acceptors (Lipinski definition) is 6. The van der Waals surface area contributed by atoms with E-state index in [9.17, 15) is 19.5 Å². The Hall–Kier alpha value is -2.42. The molecule has 2 atom stereocenters. The van der Waals surface area contributed by atoms with Crippen molar-refractivity contribution in [3.8, 4) is 5.75 Å². The van der Waals surface area contributed by atoms with Crippen LogP contribution in [0.4, 0.5) is 4.79 Å². The topological polar surface area (TPSA) is 108 Å². The van der Waals surface area contributed by atoms with Crippen LogP contribution in [-0.4, -0.2) is 63.6 Å². The summed E-state index contributed by atoms with van der Waals surface area (Å²) >= 11 is 1.55. The minimum atomic E-state index is -0.981. The Morgan fingerprint density at radius 3 is 2.27 bits per heavy atom. The summed E-state index contributed by atoms with van der Waals surface area (Å²) in [4.78, 5) is 40.8. The van der Waals surface area contributed by atoms with Crippen LogP contribution in [0.25, 0.3) is 0 Å². The summed E-state index contributed by atoms with van der Waals surface area (Å²) in [7, 11) is 0. The molecule has 9 heteroatoms. The number of carbonyl (C=O) groups is 3. The molecule has 3 amide bonds. The van der Waals surface area contributed by atoms with Gasteiger partial charge in [-0.3, -0.25) is 9.59 Å². The van der Waals surface area contributed by atoms with Crippen LogP contribution in [0.15, 0.2) is 24.3 Å². The molecule has 0 bridgehead atoms. The van der Waals surface area contributed by atoms with Crippen molar-refractivity contribution in [1.29, 1.82) is 0 Å². The first-order valence-electron chi connectivity index (χ1n) is 11.1. The number of nitrogens with zero attached hydrogens (tertiary/aromatic N) is 1. The van der Waals surface area contributed by atoms with E-state index < -0.39 is 35.2 Å². The van der Waals surface area contributed by atoms with E-state index in [1.165, 1.54) is 17.0 Å². The normalized spacial score (nSPS) is 13.6. The SMILES string of the molecule is CCN(C(=O)C(CCSC)NC(=O)OC(C)(C)C)C(C(=O)NC(C)(C)C)c1cccc(O)c1. The van der Waals surface area contributed by atoms with E-state index >= 15 is 0 Å². The van der Waals surface area contributed by atoms with Gasteiger partial charge in [0.25, 0.3) is 0 Å². The fourth-order valence-electron chi connectivity index (χ4n) is 3.21. The largest absolute Gasteiger partial charge is 0.508 e. The second-order valence-corrected chi connectivity index (χ2v) is 10.8. The number of thioether (sulfide) groups is 1. The van der Waals surface area contributed by atoms with Crippen LogP contribution in [0.3, 0.4) is 0 Å². The minimum absolute atomic E-state index is 0.00428. The minimum Gasteiger partial charge on any atom is -0.508 e. The first-order valence-corrected chi connectivity index (χ1v) is 12.5. The van der Waals surface area contributed by atoms with Gasteiger partial charge in [-0.1, -0.05) is 12.1 Å². The number of carbonyl (C=O) groups excluding carboxylic acids is 3. The summed E-state index contributed by atoms with van der Waals surface area (Å²) in [5, 5.41) is 15.6. The molecule has 0 aliphatic carbocycles. The molecule has 33 heavy (non-hydrogen) atoms. The van der Waals surface area contributed by atoms with Gasteiger partial charge in [-0.15, -0.1) is 0 Å².